The van der Waals surface area contributed by atoms with E-state index in [-0.39, 0.29) is 6.09 Å². The maximum atomic E-state index is 11.4. The van der Waals surface area contributed by atoms with Crippen molar-refractivity contribution in [3.8, 4) is 0 Å². The molecule has 1 aromatic heterocycles. The molecule has 0 radical (unpaired) electrons. The first-order chi connectivity index (χ1) is 10.2. The molecule has 0 atom stereocenters. The van der Waals surface area contributed by atoms with Crippen LogP contribution in [0.3, 0.4) is 0 Å². The SMILES string of the molecule is O=C1OCCN1CCN1CCN(Cc2ccc(Cl)s2)CC1. The first-order valence-electron chi connectivity index (χ1n) is 7.31. The molecule has 0 unspecified atom stereocenters. The maximum Gasteiger partial charge on any atom is 0.409 e. The lowest BCUT2D eigenvalue weighted by molar-refractivity contribution is 0.117. The lowest BCUT2D eigenvalue weighted by Crippen LogP contribution is -2.48. The van der Waals surface area contributed by atoms with Gasteiger partial charge in [-0.2, -0.15) is 0 Å². The minimum Gasteiger partial charge on any atom is -0.448 e. The van der Waals surface area contributed by atoms with Gasteiger partial charge in [0, 0.05) is 50.7 Å². The number of thiophene rings is 1. The molecule has 116 valence electrons. The largest absolute Gasteiger partial charge is 0.448 e. The van der Waals surface area contributed by atoms with Crippen molar-refractivity contribution in [1.82, 2.24) is 14.7 Å². The van der Waals surface area contributed by atoms with Crippen LogP contribution in [0.5, 0.6) is 0 Å². The molecular formula is C14H20ClN3O2S. The van der Waals surface area contributed by atoms with Crippen LogP contribution in [-0.2, 0) is 11.3 Å². The van der Waals surface area contributed by atoms with E-state index >= 15 is 0 Å². The van der Waals surface area contributed by atoms with Gasteiger partial charge in [0.05, 0.1) is 10.9 Å². The molecule has 0 spiro atoms. The van der Waals surface area contributed by atoms with Crippen molar-refractivity contribution in [3.05, 3.63) is 21.3 Å². The highest BCUT2D eigenvalue weighted by Gasteiger charge is 2.23. The molecule has 0 bridgehead atoms. The van der Waals surface area contributed by atoms with Crippen LogP contribution in [0.4, 0.5) is 4.79 Å². The fraction of sp³-hybridized carbons (Fsp3) is 0.643. The van der Waals surface area contributed by atoms with Gasteiger partial charge in [0.1, 0.15) is 6.61 Å². The molecule has 2 saturated heterocycles. The van der Waals surface area contributed by atoms with Crippen molar-refractivity contribution >= 4 is 29.0 Å². The van der Waals surface area contributed by atoms with Gasteiger partial charge < -0.3 is 9.64 Å². The summed E-state index contributed by atoms with van der Waals surface area (Å²) >= 11 is 7.63. The number of rotatable bonds is 5. The van der Waals surface area contributed by atoms with Gasteiger partial charge in [0.2, 0.25) is 0 Å². The Morgan fingerprint density at radius 1 is 1.10 bits per heavy atom. The number of hydrogen-bond acceptors (Lipinski definition) is 5. The summed E-state index contributed by atoms with van der Waals surface area (Å²) in [6.07, 6.45) is -0.164. The Balaban J connectivity index is 1.37. The van der Waals surface area contributed by atoms with Crippen LogP contribution in [0, 0.1) is 0 Å². The Kier molecular flexibility index (Phi) is 5.00. The molecule has 2 fully saturated rings. The number of cyclic esters (lactones) is 1. The van der Waals surface area contributed by atoms with Gasteiger partial charge >= 0.3 is 6.09 Å². The fourth-order valence-corrected chi connectivity index (χ4v) is 3.85. The third kappa shape index (κ3) is 4.10. The second kappa shape index (κ2) is 6.96. The first kappa shape index (κ1) is 15.1. The molecule has 0 aromatic carbocycles. The summed E-state index contributed by atoms with van der Waals surface area (Å²) in [7, 11) is 0. The summed E-state index contributed by atoms with van der Waals surface area (Å²) in [5.41, 5.74) is 0. The van der Waals surface area contributed by atoms with Gasteiger partial charge in [0.25, 0.3) is 0 Å². The van der Waals surface area contributed by atoms with Crippen LogP contribution >= 0.6 is 22.9 Å². The second-order valence-corrected chi connectivity index (χ2v) is 7.22. The predicted octanol–water partition coefficient (Wildman–Crippen LogP) is 1.97. The van der Waals surface area contributed by atoms with Gasteiger partial charge in [-0.1, -0.05) is 11.6 Å². The third-order valence-corrected chi connectivity index (χ3v) is 5.22. The molecule has 5 nitrogen and oxygen atoms in total. The molecule has 21 heavy (non-hydrogen) atoms. The average molecular weight is 330 g/mol. The quantitative estimate of drug-likeness (QED) is 0.827. The topological polar surface area (TPSA) is 36.0 Å². The van der Waals surface area contributed by atoms with Gasteiger partial charge in [-0.15, -0.1) is 11.3 Å². The zero-order valence-electron chi connectivity index (χ0n) is 12.0. The molecular weight excluding hydrogens is 310 g/mol. The normalized spacial score (nSPS) is 21.0. The van der Waals surface area contributed by atoms with Crippen molar-refractivity contribution in [2.75, 3.05) is 52.4 Å². The molecule has 0 N–H and O–H groups in total. The van der Waals surface area contributed by atoms with E-state index < -0.39 is 0 Å². The molecule has 3 rings (SSSR count). The van der Waals surface area contributed by atoms with E-state index in [1.165, 1.54) is 4.88 Å². The molecule has 1 aromatic rings. The maximum absolute atomic E-state index is 11.4. The Morgan fingerprint density at radius 2 is 1.86 bits per heavy atom. The average Bonchev–Trinajstić information content (AvgIpc) is 3.07. The highest BCUT2D eigenvalue weighted by atomic mass is 35.5. The van der Waals surface area contributed by atoms with Crippen molar-refractivity contribution in [1.29, 1.82) is 0 Å². The first-order valence-corrected chi connectivity index (χ1v) is 8.51. The van der Waals surface area contributed by atoms with E-state index in [4.69, 9.17) is 16.3 Å². The summed E-state index contributed by atoms with van der Waals surface area (Å²) in [6, 6.07) is 4.07. The van der Waals surface area contributed by atoms with Crippen LogP contribution < -0.4 is 0 Å². The highest BCUT2D eigenvalue weighted by Crippen LogP contribution is 2.23. The molecule has 7 heteroatoms. The molecule has 0 aliphatic carbocycles. The van der Waals surface area contributed by atoms with Gasteiger partial charge in [-0.3, -0.25) is 9.80 Å². The van der Waals surface area contributed by atoms with Crippen LogP contribution in [0.25, 0.3) is 0 Å². The Bertz CT molecular complexity index is 488. The minimum atomic E-state index is -0.164. The number of halogens is 1. The summed E-state index contributed by atoms with van der Waals surface area (Å²) < 4.78 is 5.80. The van der Waals surface area contributed by atoms with Crippen LogP contribution in [-0.4, -0.2) is 73.2 Å². The van der Waals surface area contributed by atoms with Crippen molar-refractivity contribution in [2.45, 2.75) is 6.54 Å². The van der Waals surface area contributed by atoms with E-state index in [2.05, 4.69) is 15.9 Å². The van der Waals surface area contributed by atoms with Crippen LogP contribution in [0.1, 0.15) is 4.88 Å². The van der Waals surface area contributed by atoms with Crippen LogP contribution in [0.2, 0.25) is 4.34 Å². The summed E-state index contributed by atoms with van der Waals surface area (Å²) in [6.45, 7) is 8.23. The second-order valence-electron chi connectivity index (χ2n) is 5.43. The van der Waals surface area contributed by atoms with E-state index in [9.17, 15) is 4.79 Å². The number of ether oxygens (including phenoxy) is 1. The van der Waals surface area contributed by atoms with E-state index in [0.717, 1.165) is 56.7 Å². The number of hydrogen-bond donors (Lipinski definition) is 0. The van der Waals surface area contributed by atoms with Crippen molar-refractivity contribution in [3.63, 3.8) is 0 Å². The van der Waals surface area contributed by atoms with Crippen LogP contribution in [0.15, 0.2) is 12.1 Å². The fourth-order valence-electron chi connectivity index (χ4n) is 2.72. The van der Waals surface area contributed by atoms with Gasteiger partial charge in [-0.05, 0) is 12.1 Å². The Hall–Kier alpha value is -0.820. The number of piperazine rings is 1. The highest BCUT2D eigenvalue weighted by molar-refractivity contribution is 7.16. The lowest BCUT2D eigenvalue weighted by Gasteiger charge is -2.34. The number of carbonyl (C=O) groups excluding carboxylic acids is 1. The number of amides is 1. The van der Waals surface area contributed by atoms with Gasteiger partial charge in [0.15, 0.2) is 0 Å². The third-order valence-electron chi connectivity index (χ3n) is 4.00. The monoisotopic (exact) mass is 329 g/mol. The molecule has 2 aliphatic rings. The number of nitrogens with zero attached hydrogens (tertiary/aromatic N) is 3. The summed E-state index contributed by atoms with van der Waals surface area (Å²) in [4.78, 5) is 19.4. The summed E-state index contributed by atoms with van der Waals surface area (Å²) in [5.74, 6) is 0. The zero-order chi connectivity index (χ0) is 14.7. The van der Waals surface area contributed by atoms with E-state index in [1.54, 1.807) is 16.2 Å². The minimum absolute atomic E-state index is 0.164. The van der Waals surface area contributed by atoms with Crippen molar-refractivity contribution < 1.29 is 9.53 Å². The predicted molar refractivity (Wildman–Crippen MR) is 84.0 cm³/mol. The van der Waals surface area contributed by atoms with Gasteiger partial charge in [-0.25, -0.2) is 4.79 Å². The Labute approximate surface area is 134 Å². The molecule has 1 amide bonds. The molecule has 0 saturated carbocycles. The molecule has 2 aliphatic heterocycles. The zero-order valence-corrected chi connectivity index (χ0v) is 13.5. The number of carbonyl (C=O) groups is 1. The summed E-state index contributed by atoms with van der Waals surface area (Å²) in [5, 5.41) is 0. The smallest absolute Gasteiger partial charge is 0.409 e. The molecule has 3 heterocycles. The van der Waals surface area contributed by atoms with E-state index in [1.807, 2.05) is 6.07 Å². The van der Waals surface area contributed by atoms with Crippen molar-refractivity contribution in [2.24, 2.45) is 0 Å². The Morgan fingerprint density at radius 3 is 2.48 bits per heavy atom. The standard InChI is InChI=1S/C14H20ClN3O2S/c15-13-2-1-12(21-13)11-17-5-3-16(4-6-17)7-8-18-9-10-20-14(18)19/h1-2H,3-11H2. The van der Waals surface area contributed by atoms with E-state index in [0.29, 0.717) is 6.61 Å². The lowest BCUT2D eigenvalue weighted by atomic mass is 10.3.